The van der Waals surface area contributed by atoms with Gasteiger partial charge >= 0.3 is 6.61 Å². The number of ether oxygens (including phenoxy) is 1. The van der Waals surface area contributed by atoms with Crippen LogP contribution in [0.3, 0.4) is 0 Å². The van der Waals surface area contributed by atoms with Gasteiger partial charge in [0.15, 0.2) is 0 Å². The van der Waals surface area contributed by atoms with Gasteiger partial charge in [-0.2, -0.15) is 8.78 Å². The lowest BCUT2D eigenvalue weighted by Gasteiger charge is -2.31. The number of fused-ring (bicyclic) bond motifs is 1. The van der Waals surface area contributed by atoms with E-state index in [-0.39, 0.29) is 41.6 Å². The molecule has 3 amide bonds. The molecule has 2 atom stereocenters. The molecule has 1 aliphatic heterocycles. The van der Waals surface area contributed by atoms with Gasteiger partial charge in [-0.25, -0.2) is 0 Å². The summed E-state index contributed by atoms with van der Waals surface area (Å²) in [6.45, 7) is 0.324. The van der Waals surface area contributed by atoms with Gasteiger partial charge in [-0.05, 0) is 51.2 Å². The molecule has 1 aliphatic rings. The summed E-state index contributed by atoms with van der Waals surface area (Å²) in [4.78, 5) is 41.2. The lowest BCUT2D eigenvalue weighted by Crippen LogP contribution is -2.48. The van der Waals surface area contributed by atoms with Gasteiger partial charge in [0.1, 0.15) is 5.75 Å². The van der Waals surface area contributed by atoms with E-state index in [1.165, 1.54) is 18.2 Å². The standard InChI is InChI=1S/C23H25ClF2N4O4/c1-13-10-20(31)28-17-6-4-5-7-18(17)30(13)21(32)12-29(3)14(2)22(33)27-15-8-9-19(16(24)11-15)34-23(25)26/h4-9,11,13-14,23H,10,12H2,1-3H3,(H,27,33)(H,28,31)/t13-,14-/m1/s1. The minimum Gasteiger partial charge on any atom is -0.433 e. The minimum absolute atomic E-state index is 0.0775. The first kappa shape index (κ1) is 25.4. The normalized spacial score (nSPS) is 16.5. The molecule has 0 unspecified atom stereocenters. The number of anilines is 3. The van der Waals surface area contributed by atoms with E-state index >= 15 is 0 Å². The van der Waals surface area contributed by atoms with Crippen LogP contribution in [0.15, 0.2) is 42.5 Å². The molecule has 0 saturated carbocycles. The molecule has 8 nitrogen and oxygen atoms in total. The summed E-state index contributed by atoms with van der Waals surface area (Å²) >= 11 is 5.93. The third-order valence-corrected chi connectivity index (χ3v) is 5.76. The number of nitrogens with zero attached hydrogens (tertiary/aromatic N) is 2. The number of rotatable bonds is 7. The number of likely N-dealkylation sites (N-methyl/N-ethyl adjacent to an activating group) is 1. The van der Waals surface area contributed by atoms with Gasteiger partial charge < -0.3 is 20.3 Å². The Kier molecular flexibility index (Phi) is 8.06. The third kappa shape index (κ3) is 6.00. The number of carbonyl (C=O) groups is 3. The maximum atomic E-state index is 13.2. The number of benzene rings is 2. The van der Waals surface area contributed by atoms with E-state index in [2.05, 4.69) is 15.4 Å². The molecule has 0 aromatic heterocycles. The van der Waals surface area contributed by atoms with Crippen molar-refractivity contribution in [2.75, 3.05) is 29.1 Å². The second-order valence-electron chi connectivity index (χ2n) is 7.99. The molecule has 2 N–H and O–H groups in total. The molecule has 0 spiro atoms. The predicted molar refractivity (Wildman–Crippen MR) is 125 cm³/mol. The van der Waals surface area contributed by atoms with Crippen LogP contribution in [-0.2, 0) is 14.4 Å². The first-order valence-corrected chi connectivity index (χ1v) is 10.9. The molecule has 34 heavy (non-hydrogen) atoms. The molecule has 2 aromatic carbocycles. The first-order valence-electron chi connectivity index (χ1n) is 10.5. The summed E-state index contributed by atoms with van der Waals surface area (Å²) in [5.41, 5.74) is 1.44. The molecule has 0 aliphatic carbocycles. The average Bonchev–Trinajstić information content (AvgIpc) is 2.88. The van der Waals surface area contributed by atoms with E-state index in [1.807, 2.05) is 0 Å². The van der Waals surface area contributed by atoms with Crippen molar-refractivity contribution in [2.24, 2.45) is 0 Å². The number of hydrogen-bond donors (Lipinski definition) is 2. The Labute approximate surface area is 200 Å². The van der Waals surface area contributed by atoms with Crippen molar-refractivity contribution < 1.29 is 27.9 Å². The number of carbonyl (C=O) groups excluding carboxylic acids is 3. The molecule has 0 saturated heterocycles. The molecular weight excluding hydrogens is 470 g/mol. The number of alkyl halides is 2. The number of amides is 3. The quantitative estimate of drug-likeness (QED) is 0.608. The first-order chi connectivity index (χ1) is 16.1. The Hall–Kier alpha value is -3.24. The van der Waals surface area contributed by atoms with Crippen molar-refractivity contribution >= 4 is 46.4 Å². The highest BCUT2D eigenvalue weighted by atomic mass is 35.5. The summed E-state index contributed by atoms with van der Waals surface area (Å²) in [7, 11) is 1.63. The molecule has 182 valence electrons. The van der Waals surface area contributed by atoms with Crippen molar-refractivity contribution in [3.05, 3.63) is 47.5 Å². The Morgan fingerprint density at radius 3 is 2.68 bits per heavy atom. The fourth-order valence-electron chi connectivity index (χ4n) is 3.61. The maximum Gasteiger partial charge on any atom is 0.387 e. The van der Waals surface area contributed by atoms with Crippen LogP contribution in [0.1, 0.15) is 20.3 Å². The van der Waals surface area contributed by atoms with Crippen LogP contribution in [0, 0.1) is 0 Å². The summed E-state index contributed by atoms with van der Waals surface area (Å²) in [5, 5.41) is 5.38. The van der Waals surface area contributed by atoms with Crippen molar-refractivity contribution in [2.45, 2.75) is 39.0 Å². The number of para-hydroxylation sites is 2. The van der Waals surface area contributed by atoms with Gasteiger partial charge in [-0.1, -0.05) is 23.7 Å². The van der Waals surface area contributed by atoms with Crippen LogP contribution in [-0.4, -0.2) is 54.9 Å². The zero-order valence-electron chi connectivity index (χ0n) is 18.8. The van der Waals surface area contributed by atoms with Gasteiger partial charge in [-0.3, -0.25) is 19.3 Å². The SMILES string of the molecule is C[C@H](C(=O)Nc1ccc(OC(F)F)c(Cl)c1)N(C)CC(=O)N1c2ccccc2NC(=O)C[C@H]1C. The minimum atomic E-state index is -3.02. The molecule has 3 rings (SSSR count). The molecule has 0 radical (unpaired) electrons. The Bertz CT molecular complexity index is 1080. The summed E-state index contributed by atoms with van der Waals surface area (Å²) in [6.07, 6.45) is 0.145. The average molecular weight is 495 g/mol. The highest BCUT2D eigenvalue weighted by molar-refractivity contribution is 6.32. The number of nitrogens with one attached hydrogen (secondary N) is 2. The second-order valence-corrected chi connectivity index (χ2v) is 8.39. The highest BCUT2D eigenvalue weighted by Crippen LogP contribution is 2.32. The van der Waals surface area contributed by atoms with Crippen LogP contribution < -0.4 is 20.3 Å². The highest BCUT2D eigenvalue weighted by Gasteiger charge is 2.31. The number of hydrogen-bond acceptors (Lipinski definition) is 5. The molecule has 2 aromatic rings. The zero-order chi connectivity index (χ0) is 25.0. The van der Waals surface area contributed by atoms with Crippen molar-refractivity contribution in [1.29, 1.82) is 0 Å². The van der Waals surface area contributed by atoms with Crippen LogP contribution >= 0.6 is 11.6 Å². The van der Waals surface area contributed by atoms with Gasteiger partial charge in [0.2, 0.25) is 17.7 Å². The molecule has 1 heterocycles. The second kappa shape index (κ2) is 10.8. The Morgan fingerprint density at radius 1 is 1.29 bits per heavy atom. The van der Waals surface area contributed by atoms with Crippen LogP contribution in [0.4, 0.5) is 25.8 Å². The van der Waals surface area contributed by atoms with E-state index in [1.54, 1.807) is 55.0 Å². The lowest BCUT2D eigenvalue weighted by atomic mass is 10.1. The molecular formula is C23H25ClF2N4O4. The summed E-state index contributed by atoms with van der Waals surface area (Å²) in [6, 6.07) is 9.89. The van der Waals surface area contributed by atoms with E-state index in [0.717, 1.165) is 0 Å². The van der Waals surface area contributed by atoms with E-state index in [9.17, 15) is 23.2 Å². The van der Waals surface area contributed by atoms with E-state index in [4.69, 9.17) is 11.6 Å². The molecule has 0 bridgehead atoms. The zero-order valence-corrected chi connectivity index (χ0v) is 19.6. The Morgan fingerprint density at radius 2 is 2.00 bits per heavy atom. The van der Waals surface area contributed by atoms with Crippen molar-refractivity contribution in [3.8, 4) is 5.75 Å². The van der Waals surface area contributed by atoms with Crippen LogP contribution in [0.2, 0.25) is 5.02 Å². The van der Waals surface area contributed by atoms with Crippen LogP contribution in [0.5, 0.6) is 5.75 Å². The Balaban J connectivity index is 1.67. The van der Waals surface area contributed by atoms with Gasteiger partial charge in [-0.15, -0.1) is 0 Å². The maximum absolute atomic E-state index is 13.2. The van der Waals surface area contributed by atoms with E-state index in [0.29, 0.717) is 17.1 Å². The molecule has 11 heteroatoms. The summed E-state index contributed by atoms with van der Waals surface area (Å²) < 4.78 is 29.1. The predicted octanol–water partition coefficient (Wildman–Crippen LogP) is 3.96. The fraction of sp³-hybridized carbons (Fsp3) is 0.348. The van der Waals surface area contributed by atoms with Crippen LogP contribution in [0.25, 0.3) is 0 Å². The van der Waals surface area contributed by atoms with E-state index < -0.39 is 18.6 Å². The summed E-state index contributed by atoms with van der Waals surface area (Å²) in [5.74, 6) is -1.07. The lowest BCUT2D eigenvalue weighted by molar-refractivity contribution is -0.123. The van der Waals surface area contributed by atoms with Gasteiger partial charge in [0.25, 0.3) is 0 Å². The fourth-order valence-corrected chi connectivity index (χ4v) is 3.84. The molecule has 0 fully saturated rings. The topological polar surface area (TPSA) is 91.0 Å². The number of halogens is 3. The smallest absolute Gasteiger partial charge is 0.387 e. The van der Waals surface area contributed by atoms with Crippen molar-refractivity contribution in [1.82, 2.24) is 4.90 Å². The van der Waals surface area contributed by atoms with Gasteiger partial charge in [0, 0.05) is 18.2 Å². The largest absolute Gasteiger partial charge is 0.433 e. The third-order valence-electron chi connectivity index (χ3n) is 5.47. The van der Waals surface area contributed by atoms with Gasteiger partial charge in [0.05, 0.1) is 29.0 Å². The monoisotopic (exact) mass is 494 g/mol. The van der Waals surface area contributed by atoms with Crippen molar-refractivity contribution in [3.63, 3.8) is 0 Å².